The first kappa shape index (κ1) is 20.3. The van der Waals surface area contributed by atoms with E-state index >= 15 is 0 Å². The zero-order valence-electron chi connectivity index (χ0n) is 16.4. The number of hydrogen-bond donors (Lipinski definition) is 1. The molecule has 1 aromatic carbocycles. The summed E-state index contributed by atoms with van der Waals surface area (Å²) in [4.78, 5) is 12.7. The van der Waals surface area contributed by atoms with Gasteiger partial charge in [0.1, 0.15) is 11.4 Å². The predicted molar refractivity (Wildman–Crippen MR) is 106 cm³/mol. The lowest BCUT2D eigenvalue weighted by molar-refractivity contribution is -0.121. The van der Waals surface area contributed by atoms with Crippen molar-refractivity contribution in [2.45, 2.75) is 62.5 Å². The number of hydrogen-bond acceptors (Lipinski definition) is 5. The minimum absolute atomic E-state index is 0.0265. The lowest BCUT2D eigenvalue weighted by Crippen LogP contribution is -2.51. The number of amides is 1. The van der Waals surface area contributed by atoms with Crippen LogP contribution in [0.4, 0.5) is 4.39 Å². The number of carbonyl (C=O) groups excluding carboxylic acids is 1. The SMILES string of the molecule is CC(Sc1nnc(-c2ccccc2F)n1C1CC1)C(=O)NC(C)(C#N)C(C)C. The van der Waals surface area contributed by atoms with Gasteiger partial charge >= 0.3 is 0 Å². The molecule has 0 saturated heterocycles. The number of carbonyl (C=O) groups is 1. The third kappa shape index (κ3) is 4.04. The molecule has 28 heavy (non-hydrogen) atoms. The number of nitriles is 1. The molecule has 2 atom stereocenters. The van der Waals surface area contributed by atoms with Gasteiger partial charge in [-0.15, -0.1) is 10.2 Å². The van der Waals surface area contributed by atoms with Crippen molar-refractivity contribution < 1.29 is 9.18 Å². The molecular weight excluding hydrogens is 377 g/mol. The van der Waals surface area contributed by atoms with E-state index in [2.05, 4.69) is 21.6 Å². The third-order valence-corrected chi connectivity index (χ3v) is 6.17. The summed E-state index contributed by atoms with van der Waals surface area (Å²) in [7, 11) is 0. The summed E-state index contributed by atoms with van der Waals surface area (Å²) in [6.45, 7) is 7.28. The molecule has 1 saturated carbocycles. The summed E-state index contributed by atoms with van der Waals surface area (Å²) in [6, 6.07) is 8.90. The van der Waals surface area contributed by atoms with Gasteiger partial charge in [-0.3, -0.25) is 9.36 Å². The number of nitrogens with zero attached hydrogens (tertiary/aromatic N) is 4. The van der Waals surface area contributed by atoms with Gasteiger partial charge in [0.2, 0.25) is 5.91 Å². The van der Waals surface area contributed by atoms with Crippen molar-refractivity contribution in [3.8, 4) is 17.5 Å². The Labute approximate surface area is 168 Å². The van der Waals surface area contributed by atoms with Crippen molar-refractivity contribution in [2.75, 3.05) is 0 Å². The summed E-state index contributed by atoms with van der Waals surface area (Å²) >= 11 is 1.28. The average molecular weight is 402 g/mol. The van der Waals surface area contributed by atoms with Crippen molar-refractivity contribution in [1.82, 2.24) is 20.1 Å². The molecule has 0 aliphatic heterocycles. The summed E-state index contributed by atoms with van der Waals surface area (Å²) < 4.78 is 16.2. The van der Waals surface area contributed by atoms with Gasteiger partial charge in [0.25, 0.3) is 0 Å². The summed E-state index contributed by atoms with van der Waals surface area (Å²) in [5.74, 6) is -0.123. The summed E-state index contributed by atoms with van der Waals surface area (Å²) in [5.41, 5.74) is -0.531. The number of halogens is 1. The largest absolute Gasteiger partial charge is 0.337 e. The first-order valence-electron chi connectivity index (χ1n) is 9.36. The lowest BCUT2D eigenvalue weighted by atomic mass is 9.90. The Kier molecular flexibility index (Phi) is 5.75. The molecule has 1 heterocycles. The topological polar surface area (TPSA) is 83.6 Å². The first-order chi connectivity index (χ1) is 13.3. The van der Waals surface area contributed by atoms with Crippen LogP contribution in [0.1, 0.15) is 46.6 Å². The van der Waals surface area contributed by atoms with Crippen molar-refractivity contribution in [3.63, 3.8) is 0 Å². The highest BCUT2D eigenvalue weighted by Crippen LogP contribution is 2.42. The quantitative estimate of drug-likeness (QED) is 0.710. The molecule has 0 bridgehead atoms. The zero-order chi connectivity index (χ0) is 20.5. The monoisotopic (exact) mass is 401 g/mol. The van der Waals surface area contributed by atoms with Crippen LogP contribution in [-0.2, 0) is 4.79 Å². The van der Waals surface area contributed by atoms with Crippen molar-refractivity contribution in [2.24, 2.45) is 5.92 Å². The molecule has 1 aliphatic carbocycles. The van der Waals surface area contributed by atoms with Crippen LogP contribution in [0.15, 0.2) is 29.4 Å². The Bertz CT molecular complexity index is 918. The van der Waals surface area contributed by atoms with Crippen LogP contribution in [-0.4, -0.2) is 31.5 Å². The van der Waals surface area contributed by atoms with Gasteiger partial charge in [0.15, 0.2) is 11.0 Å². The maximum atomic E-state index is 14.3. The fourth-order valence-electron chi connectivity index (χ4n) is 2.72. The van der Waals surface area contributed by atoms with Gasteiger partial charge in [0.05, 0.1) is 16.9 Å². The fraction of sp³-hybridized carbons (Fsp3) is 0.500. The smallest absolute Gasteiger partial charge is 0.234 e. The highest BCUT2D eigenvalue weighted by Gasteiger charge is 2.34. The van der Waals surface area contributed by atoms with Crippen molar-refractivity contribution >= 4 is 17.7 Å². The van der Waals surface area contributed by atoms with Gasteiger partial charge < -0.3 is 5.32 Å². The molecule has 2 unspecified atom stereocenters. The van der Waals surface area contributed by atoms with Gasteiger partial charge in [-0.1, -0.05) is 37.7 Å². The van der Waals surface area contributed by atoms with Crippen LogP contribution in [0.3, 0.4) is 0 Å². The van der Waals surface area contributed by atoms with Gasteiger partial charge in [0, 0.05) is 6.04 Å². The second-order valence-corrected chi connectivity index (χ2v) is 8.91. The Morgan fingerprint density at radius 3 is 2.61 bits per heavy atom. The lowest BCUT2D eigenvalue weighted by Gasteiger charge is -2.28. The highest BCUT2D eigenvalue weighted by molar-refractivity contribution is 8.00. The molecule has 1 N–H and O–H groups in total. The van der Waals surface area contributed by atoms with E-state index < -0.39 is 10.8 Å². The Morgan fingerprint density at radius 2 is 2.04 bits per heavy atom. The minimum Gasteiger partial charge on any atom is -0.337 e. The maximum absolute atomic E-state index is 14.3. The highest BCUT2D eigenvalue weighted by atomic mass is 32.2. The summed E-state index contributed by atoms with van der Waals surface area (Å²) in [6.07, 6.45) is 1.96. The van der Waals surface area contributed by atoms with E-state index in [0.717, 1.165) is 12.8 Å². The average Bonchev–Trinajstić information content (AvgIpc) is 3.42. The first-order valence-corrected chi connectivity index (χ1v) is 10.2. The Morgan fingerprint density at radius 1 is 1.36 bits per heavy atom. The molecule has 0 radical (unpaired) electrons. The van der Waals surface area contributed by atoms with Crippen LogP contribution < -0.4 is 5.32 Å². The van der Waals surface area contributed by atoms with Crippen LogP contribution in [0, 0.1) is 23.1 Å². The van der Waals surface area contributed by atoms with Gasteiger partial charge in [-0.2, -0.15) is 5.26 Å². The zero-order valence-corrected chi connectivity index (χ0v) is 17.3. The number of nitrogens with one attached hydrogen (secondary N) is 1. The molecule has 8 heteroatoms. The molecule has 1 aromatic heterocycles. The van der Waals surface area contributed by atoms with Crippen LogP contribution in [0.2, 0.25) is 0 Å². The fourth-order valence-corrected chi connectivity index (χ4v) is 3.64. The minimum atomic E-state index is -0.936. The van der Waals surface area contributed by atoms with E-state index in [1.165, 1.54) is 17.8 Å². The van der Waals surface area contributed by atoms with E-state index in [1.807, 2.05) is 18.4 Å². The molecule has 1 aliphatic rings. The van der Waals surface area contributed by atoms with Crippen LogP contribution in [0.25, 0.3) is 11.4 Å². The molecule has 0 spiro atoms. The van der Waals surface area contributed by atoms with E-state index in [1.54, 1.807) is 32.0 Å². The normalized spacial score (nSPS) is 17.0. The third-order valence-electron chi connectivity index (χ3n) is 5.11. The molecule has 2 aromatic rings. The molecule has 6 nitrogen and oxygen atoms in total. The number of benzene rings is 1. The number of thioether (sulfide) groups is 1. The number of aromatic nitrogens is 3. The van der Waals surface area contributed by atoms with E-state index in [4.69, 9.17) is 0 Å². The van der Waals surface area contributed by atoms with Gasteiger partial charge in [-0.05, 0) is 44.7 Å². The molecular formula is C20H24FN5OS. The second kappa shape index (κ2) is 7.92. The Hall–Kier alpha value is -2.40. The maximum Gasteiger partial charge on any atom is 0.234 e. The van der Waals surface area contributed by atoms with Gasteiger partial charge in [-0.25, -0.2) is 4.39 Å². The molecule has 1 fully saturated rings. The Balaban J connectivity index is 1.82. The van der Waals surface area contributed by atoms with E-state index in [0.29, 0.717) is 16.5 Å². The predicted octanol–water partition coefficient (Wildman–Crippen LogP) is 3.95. The van der Waals surface area contributed by atoms with E-state index in [9.17, 15) is 14.4 Å². The molecule has 3 rings (SSSR count). The standard InChI is InChI=1S/C20H24FN5OS/c1-12(2)20(4,11-22)23-18(27)13(3)28-19-25-24-17(26(19)14-9-10-14)15-7-5-6-8-16(15)21/h5-8,12-14H,9-10H2,1-4H3,(H,23,27). The molecule has 148 valence electrons. The van der Waals surface area contributed by atoms with Crippen molar-refractivity contribution in [3.05, 3.63) is 30.1 Å². The van der Waals surface area contributed by atoms with Crippen LogP contribution in [0.5, 0.6) is 0 Å². The summed E-state index contributed by atoms with van der Waals surface area (Å²) in [5, 5.41) is 20.8. The van der Waals surface area contributed by atoms with E-state index in [-0.39, 0.29) is 23.7 Å². The molecule has 1 amide bonds. The number of rotatable bonds is 7. The van der Waals surface area contributed by atoms with Crippen molar-refractivity contribution in [1.29, 1.82) is 5.26 Å². The second-order valence-electron chi connectivity index (χ2n) is 7.61. The van der Waals surface area contributed by atoms with Crippen LogP contribution >= 0.6 is 11.8 Å².